The zero-order chi connectivity index (χ0) is 14.8. The monoisotopic (exact) mass is 295 g/mol. The van der Waals surface area contributed by atoms with Crippen molar-refractivity contribution in [2.24, 2.45) is 17.6 Å². The minimum absolute atomic E-state index is 0.0804. The molecule has 0 spiro atoms. The zero-order valence-electron chi connectivity index (χ0n) is 13.1. The summed E-state index contributed by atoms with van der Waals surface area (Å²) < 4.78 is 5.90. The molecular weight excluding hydrogens is 266 g/mol. The molecule has 5 unspecified atom stereocenters. The molecule has 2 heterocycles. The highest BCUT2D eigenvalue weighted by Gasteiger charge is 2.34. The number of nitrogens with one attached hydrogen (secondary N) is 1. The van der Waals surface area contributed by atoms with Crippen LogP contribution in [-0.2, 0) is 9.53 Å². The lowest BCUT2D eigenvalue weighted by Crippen LogP contribution is -2.51. The molecule has 0 aromatic heterocycles. The van der Waals surface area contributed by atoms with E-state index in [0.717, 1.165) is 32.4 Å². The van der Waals surface area contributed by atoms with E-state index in [0.29, 0.717) is 18.5 Å². The molecule has 3 N–H and O–H groups in total. The maximum Gasteiger partial charge on any atom is 0.223 e. The minimum atomic E-state index is 0.0804. The molecule has 120 valence electrons. The van der Waals surface area contributed by atoms with Gasteiger partial charge in [-0.1, -0.05) is 6.92 Å². The van der Waals surface area contributed by atoms with E-state index in [1.165, 1.54) is 19.4 Å². The summed E-state index contributed by atoms with van der Waals surface area (Å²) in [5, 5.41) is 3.11. The lowest BCUT2D eigenvalue weighted by molar-refractivity contribution is -0.129. The van der Waals surface area contributed by atoms with E-state index in [1.54, 1.807) is 0 Å². The van der Waals surface area contributed by atoms with Crippen molar-refractivity contribution in [1.82, 2.24) is 10.2 Å². The van der Waals surface area contributed by atoms with Gasteiger partial charge in [-0.3, -0.25) is 9.69 Å². The van der Waals surface area contributed by atoms with Gasteiger partial charge in [-0.05, 0) is 44.6 Å². The van der Waals surface area contributed by atoms with E-state index in [2.05, 4.69) is 17.1 Å². The van der Waals surface area contributed by atoms with E-state index in [-0.39, 0.29) is 24.0 Å². The average molecular weight is 295 g/mol. The van der Waals surface area contributed by atoms with E-state index < -0.39 is 0 Å². The molecule has 0 bridgehead atoms. The summed E-state index contributed by atoms with van der Waals surface area (Å²) in [4.78, 5) is 14.9. The highest BCUT2D eigenvalue weighted by Crippen LogP contribution is 2.29. The van der Waals surface area contributed by atoms with Gasteiger partial charge in [0.1, 0.15) is 0 Å². The Balaban J connectivity index is 1.45. The van der Waals surface area contributed by atoms with Crippen molar-refractivity contribution in [3.63, 3.8) is 0 Å². The number of hydrogen-bond acceptors (Lipinski definition) is 4. The largest absolute Gasteiger partial charge is 0.373 e. The number of nitrogens with two attached hydrogens (primary N) is 1. The molecule has 5 atom stereocenters. The van der Waals surface area contributed by atoms with Crippen LogP contribution in [0.25, 0.3) is 0 Å². The summed E-state index contributed by atoms with van der Waals surface area (Å²) in [5.74, 6) is 0.696. The maximum atomic E-state index is 12.4. The topological polar surface area (TPSA) is 67.6 Å². The average Bonchev–Trinajstić information content (AvgIpc) is 2.94. The fourth-order valence-electron chi connectivity index (χ4n) is 4.07. The molecule has 0 aromatic carbocycles. The van der Waals surface area contributed by atoms with Gasteiger partial charge >= 0.3 is 0 Å². The second-order valence-corrected chi connectivity index (χ2v) is 7.15. The summed E-state index contributed by atoms with van der Waals surface area (Å²) in [6.07, 6.45) is 5.63. The Morgan fingerprint density at radius 3 is 3.10 bits per heavy atom. The molecule has 3 rings (SSSR count). The van der Waals surface area contributed by atoms with Crippen molar-refractivity contribution in [2.45, 2.75) is 57.2 Å². The van der Waals surface area contributed by atoms with Crippen LogP contribution >= 0.6 is 0 Å². The van der Waals surface area contributed by atoms with Crippen molar-refractivity contribution in [3.8, 4) is 0 Å². The number of rotatable bonds is 3. The van der Waals surface area contributed by atoms with Gasteiger partial charge in [-0.2, -0.15) is 0 Å². The van der Waals surface area contributed by atoms with Crippen LogP contribution in [0.5, 0.6) is 0 Å². The summed E-state index contributed by atoms with van der Waals surface area (Å²) in [6, 6.07) is 0.807. The van der Waals surface area contributed by atoms with Gasteiger partial charge < -0.3 is 15.8 Å². The van der Waals surface area contributed by atoms with Crippen molar-refractivity contribution in [3.05, 3.63) is 0 Å². The van der Waals surface area contributed by atoms with Crippen molar-refractivity contribution < 1.29 is 9.53 Å². The SMILES string of the molecule is CC1CCC(N)CC1C(=O)NCC1CN2CCCC2CO1. The number of ether oxygens (including phenoxy) is 1. The van der Waals surface area contributed by atoms with Crippen LogP contribution in [-0.4, -0.2) is 55.2 Å². The van der Waals surface area contributed by atoms with Gasteiger partial charge in [-0.15, -0.1) is 0 Å². The molecule has 2 saturated heterocycles. The smallest absolute Gasteiger partial charge is 0.223 e. The molecule has 0 aromatic rings. The summed E-state index contributed by atoms with van der Waals surface area (Å²) in [7, 11) is 0. The number of hydrogen-bond donors (Lipinski definition) is 2. The van der Waals surface area contributed by atoms with E-state index in [9.17, 15) is 4.79 Å². The molecule has 1 aliphatic carbocycles. The predicted molar refractivity (Wildman–Crippen MR) is 81.8 cm³/mol. The Hall–Kier alpha value is -0.650. The quantitative estimate of drug-likeness (QED) is 0.805. The fourth-order valence-corrected chi connectivity index (χ4v) is 4.07. The molecule has 0 radical (unpaired) electrons. The van der Waals surface area contributed by atoms with E-state index >= 15 is 0 Å². The van der Waals surface area contributed by atoms with Crippen LogP contribution < -0.4 is 11.1 Å². The van der Waals surface area contributed by atoms with Crippen LogP contribution in [0.2, 0.25) is 0 Å². The maximum absolute atomic E-state index is 12.4. The second-order valence-electron chi connectivity index (χ2n) is 7.15. The first-order valence-corrected chi connectivity index (χ1v) is 8.52. The van der Waals surface area contributed by atoms with Crippen LogP contribution in [0.1, 0.15) is 39.0 Å². The van der Waals surface area contributed by atoms with Crippen LogP contribution in [0.4, 0.5) is 0 Å². The molecule has 1 saturated carbocycles. The first-order chi connectivity index (χ1) is 10.1. The minimum Gasteiger partial charge on any atom is -0.373 e. The second kappa shape index (κ2) is 6.63. The number of nitrogens with zero attached hydrogens (tertiary/aromatic N) is 1. The third-order valence-electron chi connectivity index (χ3n) is 5.54. The van der Waals surface area contributed by atoms with Crippen molar-refractivity contribution in [2.75, 3.05) is 26.2 Å². The molecule has 3 fully saturated rings. The third-order valence-corrected chi connectivity index (χ3v) is 5.54. The number of amides is 1. The lowest BCUT2D eigenvalue weighted by Gasteiger charge is -2.36. The van der Waals surface area contributed by atoms with Crippen LogP contribution in [0.15, 0.2) is 0 Å². The standard InChI is InChI=1S/C16H29N3O2/c1-11-4-5-12(17)7-15(11)16(20)18-8-14-9-19-6-2-3-13(19)10-21-14/h11-15H,2-10,17H2,1H3,(H,18,20). The highest BCUT2D eigenvalue weighted by atomic mass is 16.5. The number of carbonyl (C=O) groups excluding carboxylic acids is 1. The molecule has 2 aliphatic heterocycles. The highest BCUT2D eigenvalue weighted by molar-refractivity contribution is 5.79. The van der Waals surface area contributed by atoms with Gasteiger partial charge in [0, 0.05) is 31.1 Å². The Bertz CT molecular complexity index is 377. The van der Waals surface area contributed by atoms with Crippen LogP contribution in [0, 0.1) is 11.8 Å². The van der Waals surface area contributed by atoms with Gasteiger partial charge in [0.25, 0.3) is 0 Å². The predicted octanol–water partition coefficient (Wildman–Crippen LogP) is 0.729. The molecule has 5 nitrogen and oxygen atoms in total. The summed E-state index contributed by atoms with van der Waals surface area (Å²) in [6.45, 7) is 5.78. The van der Waals surface area contributed by atoms with Crippen molar-refractivity contribution >= 4 is 5.91 Å². The normalized spacial score (nSPS) is 40.8. The molecule has 3 aliphatic rings. The van der Waals surface area contributed by atoms with Gasteiger partial charge in [-0.25, -0.2) is 0 Å². The van der Waals surface area contributed by atoms with Gasteiger partial charge in [0.2, 0.25) is 5.91 Å². The molecule has 21 heavy (non-hydrogen) atoms. The zero-order valence-corrected chi connectivity index (χ0v) is 13.1. The Morgan fingerprint density at radius 1 is 1.38 bits per heavy atom. The van der Waals surface area contributed by atoms with Crippen LogP contribution in [0.3, 0.4) is 0 Å². The molecular formula is C16H29N3O2. The molecule has 1 amide bonds. The Morgan fingerprint density at radius 2 is 2.24 bits per heavy atom. The number of fused-ring (bicyclic) bond motifs is 1. The van der Waals surface area contributed by atoms with Gasteiger partial charge in [0.05, 0.1) is 12.7 Å². The van der Waals surface area contributed by atoms with E-state index in [1.807, 2.05) is 0 Å². The third kappa shape index (κ3) is 3.58. The summed E-state index contributed by atoms with van der Waals surface area (Å²) in [5.41, 5.74) is 6.01. The Kier molecular flexibility index (Phi) is 4.82. The number of carbonyl (C=O) groups is 1. The van der Waals surface area contributed by atoms with E-state index in [4.69, 9.17) is 10.5 Å². The fraction of sp³-hybridized carbons (Fsp3) is 0.938. The first kappa shape index (κ1) is 15.3. The van der Waals surface area contributed by atoms with Gasteiger partial charge in [0.15, 0.2) is 0 Å². The van der Waals surface area contributed by atoms with Crippen molar-refractivity contribution in [1.29, 1.82) is 0 Å². The lowest BCUT2D eigenvalue weighted by atomic mass is 9.77. The first-order valence-electron chi connectivity index (χ1n) is 8.52. The summed E-state index contributed by atoms with van der Waals surface area (Å²) >= 11 is 0. The Labute approximate surface area is 127 Å². The number of morpholine rings is 1. The molecule has 5 heteroatoms.